The van der Waals surface area contributed by atoms with Crippen molar-refractivity contribution >= 4 is 29.3 Å². The molecule has 3 heterocycles. The maximum Gasteiger partial charge on any atom is 0.328 e. The molecule has 1 aliphatic rings. The van der Waals surface area contributed by atoms with E-state index < -0.39 is 0 Å². The molecule has 1 aliphatic heterocycles. The molecule has 6 nitrogen and oxygen atoms in total. The third-order valence-electron chi connectivity index (χ3n) is 4.48. The van der Waals surface area contributed by atoms with Gasteiger partial charge in [0.05, 0.1) is 12.3 Å². The second-order valence-corrected chi connectivity index (χ2v) is 6.92. The number of carbonyl (C=O) groups is 1. The summed E-state index contributed by atoms with van der Waals surface area (Å²) in [6.07, 6.45) is 2.36. The lowest BCUT2D eigenvalue weighted by atomic mass is 10.1. The zero-order valence-electron chi connectivity index (χ0n) is 15.4. The molecule has 0 saturated heterocycles. The van der Waals surface area contributed by atoms with Gasteiger partial charge in [0.2, 0.25) is 0 Å². The van der Waals surface area contributed by atoms with Crippen LogP contribution in [-0.4, -0.2) is 29.2 Å². The van der Waals surface area contributed by atoms with Gasteiger partial charge >= 0.3 is 6.03 Å². The number of hydrogen-bond donors (Lipinski definition) is 1. The fourth-order valence-electron chi connectivity index (χ4n) is 3.04. The van der Waals surface area contributed by atoms with Crippen molar-refractivity contribution in [2.45, 2.75) is 13.3 Å². The number of hydrogen-bond acceptors (Lipinski definition) is 4. The van der Waals surface area contributed by atoms with Crippen molar-refractivity contribution in [2.75, 3.05) is 23.4 Å². The van der Waals surface area contributed by atoms with E-state index in [1.54, 1.807) is 11.1 Å². The van der Waals surface area contributed by atoms with Gasteiger partial charge in [-0.25, -0.2) is 14.8 Å². The number of halogens is 1. The number of anilines is 2. The number of ether oxygens (including phenoxy) is 1. The first kappa shape index (κ1) is 18.3. The highest BCUT2D eigenvalue weighted by molar-refractivity contribution is 6.30. The number of rotatable bonds is 2. The van der Waals surface area contributed by atoms with E-state index >= 15 is 0 Å². The number of aryl methyl sites for hydroxylation is 1. The number of pyridine rings is 2. The van der Waals surface area contributed by atoms with E-state index in [2.05, 4.69) is 10.3 Å². The Hall–Kier alpha value is -3.12. The van der Waals surface area contributed by atoms with Crippen molar-refractivity contribution in [3.63, 3.8) is 0 Å². The monoisotopic (exact) mass is 394 g/mol. The molecule has 3 aromatic rings. The maximum absolute atomic E-state index is 13.0. The minimum atomic E-state index is -0.288. The van der Waals surface area contributed by atoms with Gasteiger partial charge < -0.3 is 4.74 Å². The molecular formula is C21H19ClN4O2. The summed E-state index contributed by atoms with van der Waals surface area (Å²) in [5.41, 5.74) is 2.49. The average Bonchev–Trinajstić information content (AvgIpc) is 2.91. The van der Waals surface area contributed by atoms with Crippen molar-refractivity contribution in [3.8, 4) is 17.0 Å². The van der Waals surface area contributed by atoms with Gasteiger partial charge in [-0.3, -0.25) is 10.2 Å². The average molecular weight is 395 g/mol. The molecule has 7 heteroatoms. The molecule has 0 spiro atoms. The first-order chi connectivity index (χ1) is 13.6. The van der Waals surface area contributed by atoms with E-state index in [1.807, 2.05) is 55.5 Å². The Bertz CT molecular complexity index is 1020. The van der Waals surface area contributed by atoms with Gasteiger partial charge in [-0.1, -0.05) is 29.8 Å². The number of nitrogens with one attached hydrogen (secondary N) is 1. The molecule has 1 aromatic carbocycles. The molecule has 28 heavy (non-hydrogen) atoms. The molecule has 0 atom stereocenters. The minimum Gasteiger partial charge on any atom is -0.490 e. The number of fused-ring (bicyclic) bond motifs is 1. The Balaban J connectivity index is 1.69. The van der Waals surface area contributed by atoms with Crippen LogP contribution in [0.15, 0.2) is 54.7 Å². The lowest BCUT2D eigenvalue weighted by molar-refractivity contribution is 0.256. The van der Waals surface area contributed by atoms with Gasteiger partial charge in [-0.15, -0.1) is 0 Å². The fraction of sp³-hybridized carbons (Fsp3) is 0.190. The Labute approximate surface area is 168 Å². The highest BCUT2D eigenvalue weighted by Gasteiger charge is 2.25. The minimum absolute atomic E-state index is 0.288. The van der Waals surface area contributed by atoms with Gasteiger partial charge in [0.1, 0.15) is 5.82 Å². The Kier molecular flexibility index (Phi) is 5.12. The van der Waals surface area contributed by atoms with Crippen LogP contribution in [0.3, 0.4) is 0 Å². The zero-order chi connectivity index (χ0) is 19.5. The van der Waals surface area contributed by atoms with E-state index in [9.17, 15) is 4.79 Å². The van der Waals surface area contributed by atoms with Crippen molar-refractivity contribution in [3.05, 3.63) is 65.3 Å². The smallest absolute Gasteiger partial charge is 0.328 e. The molecule has 0 aliphatic carbocycles. The molecule has 4 rings (SSSR count). The molecule has 1 N–H and O–H groups in total. The summed E-state index contributed by atoms with van der Waals surface area (Å²) < 4.78 is 5.79. The van der Waals surface area contributed by atoms with E-state index in [-0.39, 0.29) is 6.03 Å². The van der Waals surface area contributed by atoms with Gasteiger partial charge in [0, 0.05) is 23.3 Å². The van der Waals surface area contributed by atoms with Gasteiger partial charge in [-0.05, 0) is 49.2 Å². The molecule has 2 amide bonds. The van der Waals surface area contributed by atoms with Gasteiger partial charge in [-0.2, -0.15) is 0 Å². The predicted octanol–water partition coefficient (Wildman–Crippen LogP) is 4.93. The van der Waals surface area contributed by atoms with Crippen molar-refractivity contribution in [1.29, 1.82) is 0 Å². The number of nitrogens with zero attached hydrogens (tertiary/aromatic N) is 3. The van der Waals surface area contributed by atoms with E-state index in [0.717, 1.165) is 16.8 Å². The summed E-state index contributed by atoms with van der Waals surface area (Å²) in [4.78, 5) is 23.6. The number of urea groups is 1. The van der Waals surface area contributed by atoms with Crippen molar-refractivity contribution < 1.29 is 9.53 Å². The lowest BCUT2D eigenvalue weighted by Crippen LogP contribution is -2.36. The zero-order valence-corrected chi connectivity index (χ0v) is 16.1. The molecule has 0 fully saturated rings. The second-order valence-electron chi connectivity index (χ2n) is 6.48. The van der Waals surface area contributed by atoms with Crippen LogP contribution < -0.4 is 15.0 Å². The Morgan fingerprint density at radius 3 is 2.93 bits per heavy atom. The summed E-state index contributed by atoms with van der Waals surface area (Å²) in [6, 6.07) is 14.6. The van der Waals surface area contributed by atoms with Crippen LogP contribution in [-0.2, 0) is 0 Å². The normalized spacial score (nSPS) is 13.3. The van der Waals surface area contributed by atoms with E-state index in [1.165, 1.54) is 0 Å². The second kappa shape index (κ2) is 7.86. The summed E-state index contributed by atoms with van der Waals surface area (Å²) in [7, 11) is 0. The van der Waals surface area contributed by atoms with Crippen LogP contribution in [0, 0.1) is 6.92 Å². The van der Waals surface area contributed by atoms with Crippen LogP contribution in [0.1, 0.15) is 12.0 Å². The van der Waals surface area contributed by atoms with Gasteiger partial charge in [0.25, 0.3) is 0 Å². The van der Waals surface area contributed by atoms with Crippen LogP contribution in [0.4, 0.5) is 16.4 Å². The lowest BCUT2D eigenvalue weighted by Gasteiger charge is -2.22. The molecule has 0 bridgehead atoms. The third kappa shape index (κ3) is 3.77. The van der Waals surface area contributed by atoms with Crippen LogP contribution in [0.25, 0.3) is 11.3 Å². The predicted molar refractivity (Wildman–Crippen MR) is 110 cm³/mol. The summed E-state index contributed by atoms with van der Waals surface area (Å²) >= 11 is 6.11. The summed E-state index contributed by atoms with van der Waals surface area (Å²) in [5.74, 6) is 1.60. The fourth-order valence-corrected chi connectivity index (χ4v) is 3.23. The van der Waals surface area contributed by atoms with Crippen molar-refractivity contribution in [1.82, 2.24) is 9.97 Å². The van der Waals surface area contributed by atoms with Crippen LogP contribution in [0.2, 0.25) is 5.02 Å². The maximum atomic E-state index is 13.0. The number of aromatic nitrogens is 2. The molecule has 2 aromatic heterocycles. The highest BCUT2D eigenvalue weighted by atomic mass is 35.5. The largest absolute Gasteiger partial charge is 0.490 e. The van der Waals surface area contributed by atoms with Crippen molar-refractivity contribution in [2.24, 2.45) is 0 Å². The molecule has 0 radical (unpaired) electrons. The Morgan fingerprint density at radius 1 is 1.21 bits per heavy atom. The molecule has 142 valence electrons. The van der Waals surface area contributed by atoms with E-state index in [0.29, 0.717) is 42.0 Å². The molecular weight excluding hydrogens is 376 g/mol. The third-order valence-corrected chi connectivity index (χ3v) is 4.71. The van der Waals surface area contributed by atoms with E-state index in [4.69, 9.17) is 21.3 Å². The first-order valence-corrected chi connectivity index (χ1v) is 9.39. The topological polar surface area (TPSA) is 67.4 Å². The molecule has 0 unspecified atom stereocenters. The SMILES string of the molecule is Cc1cccnc1NC(=O)N1CCCOc2ccc(-c3cccc(Cl)c3)nc21. The first-order valence-electron chi connectivity index (χ1n) is 9.02. The quantitative estimate of drug-likeness (QED) is 0.669. The van der Waals surface area contributed by atoms with Crippen LogP contribution >= 0.6 is 11.6 Å². The number of amides is 2. The standard InChI is InChI=1S/C21H19ClN4O2/c1-14-5-3-10-23-19(14)25-21(27)26-11-4-12-28-18-9-8-17(24-20(18)26)15-6-2-7-16(22)13-15/h2-3,5-10,13H,4,11-12H2,1H3,(H,23,25,27). The number of benzene rings is 1. The van der Waals surface area contributed by atoms with Crippen LogP contribution in [0.5, 0.6) is 5.75 Å². The highest BCUT2D eigenvalue weighted by Crippen LogP contribution is 2.33. The van der Waals surface area contributed by atoms with Gasteiger partial charge in [0.15, 0.2) is 11.6 Å². The Morgan fingerprint density at radius 2 is 2.11 bits per heavy atom. The molecule has 0 saturated carbocycles. The summed E-state index contributed by atoms with van der Waals surface area (Å²) in [5, 5.41) is 3.51. The number of carbonyl (C=O) groups excluding carboxylic acids is 1. The summed E-state index contributed by atoms with van der Waals surface area (Å²) in [6.45, 7) is 2.92.